The number of methoxy groups -OCH3 is 1. The number of fused-ring (bicyclic) bond motifs is 1. The number of furan rings is 1. The Kier molecular flexibility index (Phi) is 5.18. The first-order chi connectivity index (χ1) is 14.0. The van der Waals surface area contributed by atoms with E-state index in [1.165, 1.54) is 0 Å². The Bertz CT molecular complexity index is 1190. The molecular weight excluding hydrogens is 386 g/mol. The minimum atomic E-state index is -0.208. The molecule has 0 saturated carbocycles. The topological polar surface area (TPSA) is 68.5 Å². The van der Waals surface area contributed by atoms with Gasteiger partial charge in [0.15, 0.2) is 5.76 Å². The number of thiophene rings is 1. The van der Waals surface area contributed by atoms with Crippen LogP contribution in [0.4, 0.5) is 5.69 Å². The highest BCUT2D eigenvalue weighted by Crippen LogP contribution is 2.30. The van der Waals surface area contributed by atoms with Crippen molar-refractivity contribution in [2.45, 2.75) is 13.3 Å². The fourth-order valence-corrected chi connectivity index (χ4v) is 3.89. The molecule has 0 aliphatic carbocycles. The summed E-state index contributed by atoms with van der Waals surface area (Å²) in [6, 6.07) is 16.2. The van der Waals surface area contributed by atoms with Gasteiger partial charge >= 0.3 is 0 Å². The molecular formula is C23H19NO4S. The van der Waals surface area contributed by atoms with Crippen LogP contribution in [0.15, 0.2) is 64.4 Å². The molecule has 0 radical (unpaired) electrons. The van der Waals surface area contributed by atoms with Crippen molar-refractivity contribution in [3.05, 3.63) is 81.7 Å². The van der Waals surface area contributed by atoms with Crippen molar-refractivity contribution in [3.63, 3.8) is 0 Å². The summed E-state index contributed by atoms with van der Waals surface area (Å²) < 4.78 is 11.0. The van der Waals surface area contributed by atoms with Crippen LogP contribution in [-0.4, -0.2) is 18.8 Å². The van der Waals surface area contributed by atoms with Gasteiger partial charge in [0, 0.05) is 27.1 Å². The number of aryl methyl sites for hydroxylation is 1. The number of benzene rings is 2. The van der Waals surface area contributed by atoms with Crippen LogP contribution in [0.1, 0.15) is 26.6 Å². The van der Waals surface area contributed by atoms with Gasteiger partial charge in [-0.15, -0.1) is 11.3 Å². The first-order valence-electron chi connectivity index (χ1n) is 9.09. The fraction of sp³-hybridized carbons (Fsp3) is 0.130. The molecule has 4 aromatic rings. The maximum absolute atomic E-state index is 12.9. The molecule has 0 saturated heterocycles. The Morgan fingerprint density at radius 3 is 2.72 bits per heavy atom. The van der Waals surface area contributed by atoms with Crippen LogP contribution in [0.3, 0.4) is 0 Å². The third kappa shape index (κ3) is 3.93. The molecule has 1 amide bonds. The fourth-order valence-electron chi connectivity index (χ4n) is 3.19. The molecule has 0 atom stereocenters. The molecule has 0 aliphatic heterocycles. The molecule has 0 fully saturated rings. The summed E-state index contributed by atoms with van der Waals surface area (Å²) in [5, 5.41) is 5.65. The minimum absolute atomic E-state index is 0.0828. The highest BCUT2D eigenvalue weighted by atomic mass is 32.1. The number of ether oxygens (including phenoxy) is 1. The van der Waals surface area contributed by atoms with Crippen molar-refractivity contribution in [1.82, 2.24) is 0 Å². The first-order valence-corrected chi connectivity index (χ1v) is 9.97. The number of rotatable bonds is 6. The largest absolute Gasteiger partial charge is 0.497 e. The van der Waals surface area contributed by atoms with Crippen molar-refractivity contribution in [1.29, 1.82) is 0 Å². The summed E-state index contributed by atoms with van der Waals surface area (Å²) in [6.45, 7) is 1.84. The summed E-state index contributed by atoms with van der Waals surface area (Å²) in [7, 11) is 1.56. The zero-order chi connectivity index (χ0) is 20.4. The van der Waals surface area contributed by atoms with Crippen molar-refractivity contribution in [2.24, 2.45) is 0 Å². The number of carbonyl (C=O) groups excluding carboxylic acids is 2. The standard InChI is InChI=1S/C23H19NO4S/c1-14-19-12-16(24-21(25)13-18-7-4-10-29-18)8-9-20(19)28-23(14)22(26)15-5-3-6-17(11-15)27-2/h3-12H,13H2,1-2H3,(H,24,25). The van der Waals surface area contributed by atoms with Crippen LogP contribution in [-0.2, 0) is 11.2 Å². The summed E-state index contributed by atoms with van der Waals surface area (Å²) in [6.07, 6.45) is 0.333. The lowest BCUT2D eigenvalue weighted by atomic mass is 10.0. The molecule has 0 bridgehead atoms. The molecule has 2 heterocycles. The van der Waals surface area contributed by atoms with Crippen molar-refractivity contribution in [3.8, 4) is 5.75 Å². The second-order valence-corrected chi connectivity index (χ2v) is 7.66. The summed E-state index contributed by atoms with van der Waals surface area (Å²) in [5.74, 6) is 0.608. The van der Waals surface area contributed by atoms with Crippen LogP contribution in [0.25, 0.3) is 11.0 Å². The molecule has 5 nitrogen and oxygen atoms in total. The number of nitrogens with one attached hydrogen (secondary N) is 1. The summed E-state index contributed by atoms with van der Waals surface area (Å²) in [4.78, 5) is 26.2. The lowest BCUT2D eigenvalue weighted by Gasteiger charge is -2.04. The molecule has 1 N–H and O–H groups in total. The van der Waals surface area contributed by atoms with E-state index >= 15 is 0 Å². The number of hydrogen-bond acceptors (Lipinski definition) is 5. The Morgan fingerprint density at radius 2 is 1.97 bits per heavy atom. The van der Waals surface area contributed by atoms with Gasteiger partial charge in [-0.25, -0.2) is 0 Å². The van der Waals surface area contributed by atoms with Crippen LogP contribution in [0.2, 0.25) is 0 Å². The maximum Gasteiger partial charge on any atom is 0.229 e. The third-order valence-electron chi connectivity index (χ3n) is 4.67. The van der Waals surface area contributed by atoms with Gasteiger partial charge in [0.1, 0.15) is 11.3 Å². The average Bonchev–Trinajstić information content (AvgIpc) is 3.35. The van der Waals surface area contributed by atoms with E-state index in [-0.39, 0.29) is 17.5 Å². The van der Waals surface area contributed by atoms with Gasteiger partial charge in [-0.2, -0.15) is 0 Å². The normalized spacial score (nSPS) is 10.8. The Balaban J connectivity index is 1.60. The molecule has 4 rings (SSSR count). The van der Waals surface area contributed by atoms with Crippen molar-refractivity contribution >= 4 is 39.7 Å². The second-order valence-electron chi connectivity index (χ2n) is 6.63. The minimum Gasteiger partial charge on any atom is -0.497 e. The molecule has 6 heteroatoms. The van der Waals surface area contributed by atoms with Crippen LogP contribution < -0.4 is 10.1 Å². The lowest BCUT2D eigenvalue weighted by Crippen LogP contribution is -2.13. The zero-order valence-corrected chi connectivity index (χ0v) is 16.8. The number of amides is 1. The predicted molar refractivity (Wildman–Crippen MR) is 114 cm³/mol. The molecule has 146 valence electrons. The van der Waals surface area contributed by atoms with Gasteiger partial charge in [0.05, 0.1) is 13.5 Å². The third-order valence-corrected chi connectivity index (χ3v) is 5.55. The van der Waals surface area contributed by atoms with E-state index in [1.807, 2.05) is 30.5 Å². The number of anilines is 1. The van der Waals surface area contributed by atoms with Crippen molar-refractivity contribution in [2.75, 3.05) is 12.4 Å². The molecule has 0 spiro atoms. The lowest BCUT2D eigenvalue weighted by molar-refractivity contribution is -0.115. The van der Waals surface area contributed by atoms with Gasteiger partial charge in [-0.3, -0.25) is 9.59 Å². The van der Waals surface area contributed by atoms with Gasteiger partial charge < -0.3 is 14.5 Å². The monoisotopic (exact) mass is 405 g/mol. The Labute approximate surface area is 171 Å². The van der Waals surface area contributed by atoms with E-state index in [1.54, 1.807) is 54.8 Å². The second kappa shape index (κ2) is 7.93. The van der Waals surface area contributed by atoms with E-state index in [0.717, 1.165) is 15.8 Å². The van der Waals surface area contributed by atoms with Gasteiger partial charge in [-0.05, 0) is 48.7 Å². The molecule has 2 aromatic carbocycles. The van der Waals surface area contributed by atoms with E-state index in [2.05, 4.69) is 5.32 Å². The Hall–Kier alpha value is -3.38. The molecule has 29 heavy (non-hydrogen) atoms. The van der Waals surface area contributed by atoms with E-state index < -0.39 is 0 Å². The number of carbonyl (C=O) groups is 2. The molecule has 0 unspecified atom stereocenters. The SMILES string of the molecule is COc1cccc(C(=O)c2oc3ccc(NC(=O)Cc4cccs4)cc3c2C)c1. The van der Waals surface area contributed by atoms with Crippen molar-refractivity contribution < 1.29 is 18.7 Å². The van der Waals surface area contributed by atoms with Gasteiger partial charge in [0.25, 0.3) is 0 Å². The number of hydrogen-bond donors (Lipinski definition) is 1. The van der Waals surface area contributed by atoms with E-state index in [4.69, 9.17) is 9.15 Å². The molecule has 0 aliphatic rings. The maximum atomic E-state index is 12.9. The van der Waals surface area contributed by atoms with E-state index in [9.17, 15) is 9.59 Å². The molecule has 2 aromatic heterocycles. The van der Waals surface area contributed by atoms with Gasteiger partial charge in [-0.1, -0.05) is 18.2 Å². The number of ketones is 1. The van der Waals surface area contributed by atoms with E-state index in [0.29, 0.717) is 29.0 Å². The van der Waals surface area contributed by atoms with Crippen LogP contribution >= 0.6 is 11.3 Å². The highest BCUT2D eigenvalue weighted by molar-refractivity contribution is 7.10. The summed E-state index contributed by atoms with van der Waals surface area (Å²) >= 11 is 1.55. The van der Waals surface area contributed by atoms with Gasteiger partial charge in [0.2, 0.25) is 11.7 Å². The smallest absolute Gasteiger partial charge is 0.229 e. The first kappa shape index (κ1) is 19.0. The summed E-state index contributed by atoms with van der Waals surface area (Å²) in [5.41, 5.74) is 2.51. The highest BCUT2D eigenvalue weighted by Gasteiger charge is 2.20. The van der Waals surface area contributed by atoms with Crippen LogP contribution in [0.5, 0.6) is 5.75 Å². The predicted octanol–water partition coefficient (Wildman–Crippen LogP) is 5.22. The van der Waals surface area contributed by atoms with Crippen LogP contribution in [0, 0.1) is 6.92 Å². The quantitative estimate of drug-likeness (QED) is 0.446. The zero-order valence-electron chi connectivity index (χ0n) is 16.0. The average molecular weight is 405 g/mol. The Morgan fingerprint density at radius 1 is 1.10 bits per heavy atom.